The maximum Gasteiger partial charge on any atom is 0.234 e. The Morgan fingerprint density at radius 1 is 1.29 bits per heavy atom. The number of likely N-dealkylation sites (tertiary alicyclic amines) is 1. The van der Waals surface area contributed by atoms with Crippen LogP contribution in [0.25, 0.3) is 0 Å². The number of carbonyl (C=O) groups is 1. The fraction of sp³-hybridized carbons (Fsp3) is 0.588. The third kappa shape index (κ3) is 4.05. The van der Waals surface area contributed by atoms with Gasteiger partial charge in [-0.05, 0) is 37.3 Å². The van der Waals surface area contributed by atoms with Crippen molar-refractivity contribution in [1.29, 1.82) is 0 Å². The molecular weight excluding hydrogens is 262 g/mol. The van der Waals surface area contributed by atoms with E-state index in [1.807, 2.05) is 18.2 Å². The minimum Gasteiger partial charge on any atom is -0.355 e. The predicted octanol–water partition coefficient (Wildman–Crippen LogP) is 1.03. The van der Waals surface area contributed by atoms with E-state index >= 15 is 0 Å². The molecule has 2 N–H and O–H groups in total. The highest BCUT2D eigenvalue weighted by Crippen LogP contribution is 2.24. The molecule has 0 aromatic heterocycles. The maximum absolute atomic E-state index is 12.0. The van der Waals surface area contributed by atoms with Crippen LogP contribution in [0.2, 0.25) is 0 Å². The highest BCUT2D eigenvalue weighted by atomic mass is 16.2. The Hall–Kier alpha value is -1.39. The van der Waals surface area contributed by atoms with Gasteiger partial charge < -0.3 is 10.6 Å². The van der Waals surface area contributed by atoms with Gasteiger partial charge in [0.15, 0.2) is 0 Å². The molecule has 21 heavy (non-hydrogen) atoms. The van der Waals surface area contributed by atoms with Gasteiger partial charge in [0.05, 0.1) is 6.54 Å². The summed E-state index contributed by atoms with van der Waals surface area (Å²) in [5, 5.41) is 6.61. The van der Waals surface area contributed by atoms with Crippen molar-refractivity contribution in [3.8, 4) is 0 Å². The Balaban J connectivity index is 1.37. The average molecular weight is 287 g/mol. The number of benzene rings is 1. The molecule has 2 aliphatic heterocycles. The topological polar surface area (TPSA) is 44.4 Å². The zero-order valence-corrected chi connectivity index (χ0v) is 12.6. The molecule has 2 heterocycles. The zero-order chi connectivity index (χ0) is 14.5. The van der Waals surface area contributed by atoms with Gasteiger partial charge in [0.2, 0.25) is 5.91 Å². The van der Waals surface area contributed by atoms with E-state index in [9.17, 15) is 4.79 Å². The van der Waals surface area contributed by atoms with E-state index in [2.05, 4.69) is 27.7 Å². The molecule has 114 valence electrons. The van der Waals surface area contributed by atoms with Crippen molar-refractivity contribution in [1.82, 2.24) is 15.5 Å². The monoisotopic (exact) mass is 287 g/mol. The van der Waals surface area contributed by atoms with Gasteiger partial charge >= 0.3 is 0 Å². The van der Waals surface area contributed by atoms with Crippen LogP contribution in [-0.2, 0) is 11.2 Å². The number of amides is 1. The number of nitrogens with one attached hydrogen (secondary N) is 2. The number of fused-ring (bicyclic) bond motifs is 1. The van der Waals surface area contributed by atoms with Gasteiger partial charge in [-0.15, -0.1) is 0 Å². The summed E-state index contributed by atoms with van der Waals surface area (Å²) in [6, 6.07) is 10.9. The van der Waals surface area contributed by atoms with E-state index in [0.29, 0.717) is 12.6 Å². The summed E-state index contributed by atoms with van der Waals surface area (Å²) in [6.45, 7) is 4.50. The van der Waals surface area contributed by atoms with Crippen molar-refractivity contribution < 1.29 is 4.79 Å². The van der Waals surface area contributed by atoms with E-state index < -0.39 is 0 Å². The summed E-state index contributed by atoms with van der Waals surface area (Å²) in [5.41, 5.74) is 1.27. The van der Waals surface area contributed by atoms with Gasteiger partial charge in [-0.2, -0.15) is 0 Å². The van der Waals surface area contributed by atoms with Crippen LogP contribution in [0.15, 0.2) is 30.3 Å². The summed E-state index contributed by atoms with van der Waals surface area (Å²) < 4.78 is 0. The van der Waals surface area contributed by atoms with Crippen LogP contribution in [0.4, 0.5) is 0 Å². The Morgan fingerprint density at radius 3 is 2.95 bits per heavy atom. The Morgan fingerprint density at radius 2 is 2.14 bits per heavy atom. The van der Waals surface area contributed by atoms with Gasteiger partial charge in [-0.3, -0.25) is 9.69 Å². The average Bonchev–Trinajstić information content (AvgIpc) is 2.90. The molecule has 0 unspecified atom stereocenters. The van der Waals surface area contributed by atoms with E-state index in [1.165, 1.54) is 18.4 Å². The Kier molecular flexibility index (Phi) is 4.88. The van der Waals surface area contributed by atoms with Crippen LogP contribution >= 0.6 is 0 Å². The summed E-state index contributed by atoms with van der Waals surface area (Å²) in [4.78, 5) is 14.3. The van der Waals surface area contributed by atoms with Crippen molar-refractivity contribution in [3.63, 3.8) is 0 Å². The van der Waals surface area contributed by atoms with Gasteiger partial charge in [0.1, 0.15) is 0 Å². The van der Waals surface area contributed by atoms with Crippen molar-refractivity contribution in [3.05, 3.63) is 35.9 Å². The molecule has 2 saturated heterocycles. The first-order valence-electron chi connectivity index (χ1n) is 8.07. The van der Waals surface area contributed by atoms with Crippen LogP contribution in [0.3, 0.4) is 0 Å². The molecule has 1 aromatic carbocycles. The fourth-order valence-electron chi connectivity index (χ4n) is 3.52. The highest BCUT2D eigenvalue weighted by molar-refractivity contribution is 5.78. The lowest BCUT2D eigenvalue weighted by Gasteiger charge is -2.24. The lowest BCUT2D eigenvalue weighted by molar-refractivity contribution is -0.122. The van der Waals surface area contributed by atoms with E-state index in [0.717, 1.165) is 38.5 Å². The first kappa shape index (κ1) is 14.5. The van der Waals surface area contributed by atoms with Gasteiger partial charge in [-0.25, -0.2) is 0 Å². The summed E-state index contributed by atoms with van der Waals surface area (Å²) in [6.07, 6.45) is 3.49. The normalized spacial score (nSPS) is 25.5. The summed E-state index contributed by atoms with van der Waals surface area (Å²) >= 11 is 0. The number of piperidine rings is 1. The van der Waals surface area contributed by atoms with Crippen LogP contribution in [0.1, 0.15) is 18.4 Å². The molecule has 0 bridgehead atoms. The second kappa shape index (κ2) is 7.05. The van der Waals surface area contributed by atoms with Crippen molar-refractivity contribution in [2.24, 2.45) is 5.92 Å². The van der Waals surface area contributed by atoms with E-state index in [4.69, 9.17) is 0 Å². The molecule has 1 aromatic rings. The lowest BCUT2D eigenvalue weighted by atomic mass is 9.94. The molecular formula is C17H25N3O. The molecule has 0 saturated carbocycles. The van der Waals surface area contributed by atoms with Gasteiger partial charge in [0, 0.05) is 25.7 Å². The lowest BCUT2D eigenvalue weighted by Crippen LogP contribution is -2.41. The summed E-state index contributed by atoms with van der Waals surface area (Å²) in [5.74, 6) is 0.903. The third-order valence-electron chi connectivity index (χ3n) is 4.62. The highest BCUT2D eigenvalue weighted by Gasteiger charge is 2.34. The predicted molar refractivity (Wildman–Crippen MR) is 84.1 cm³/mol. The van der Waals surface area contributed by atoms with Crippen LogP contribution in [0.5, 0.6) is 0 Å². The first-order valence-corrected chi connectivity index (χ1v) is 8.07. The molecule has 2 aliphatic rings. The van der Waals surface area contributed by atoms with Crippen molar-refractivity contribution in [2.75, 3.05) is 32.7 Å². The molecule has 0 radical (unpaired) electrons. The molecule has 2 fully saturated rings. The maximum atomic E-state index is 12.0. The minimum atomic E-state index is 0.157. The van der Waals surface area contributed by atoms with Crippen LogP contribution in [-0.4, -0.2) is 49.6 Å². The molecule has 4 heteroatoms. The first-order chi connectivity index (χ1) is 10.3. The third-order valence-corrected chi connectivity index (χ3v) is 4.62. The number of hydrogen-bond acceptors (Lipinski definition) is 3. The standard InChI is InChI=1S/C17H25N3O/c21-17(19-10-8-14-5-2-1-3-6-14)13-20-11-15-7-4-9-18-16(15)12-20/h1-3,5-6,15-16,18H,4,7-13H2,(H,19,21)/t15-,16+/m0/s1. The number of hydrogen-bond donors (Lipinski definition) is 2. The van der Waals surface area contributed by atoms with Gasteiger partial charge in [0.25, 0.3) is 0 Å². The number of carbonyl (C=O) groups excluding carboxylic acids is 1. The molecule has 2 atom stereocenters. The second-order valence-electron chi connectivity index (χ2n) is 6.24. The van der Waals surface area contributed by atoms with Crippen LogP contribution < -0.4 is 10.6 Å². The molecule has 1 amide bonds. The van der Waals surface area contributed by atoms with Gasteiger partial charge in [-0.1, -0.05) is 30.3 Å². The summed E-state index contributed by atoms with van der Waals surface area (Å²) in [7, 11) is 0. The number of nitrogens with zero attached hydrogens (tertiary/aromatic N) is 1. The van der Waals surface area contributed by atoms with Crippen molar-refractivity contribution >= 4 is 5.91 Å². The second-order valence-corrected chi connectivity index (χ2v) is 6.24. The fourth-order valence-corrected chi connectivity index (χ4v) is 3.52. The SMILES string of the molecule is O=C(CN1C[C@@H]2CCCN[C@@H]2C1)NCCc1ccccc1. The molecule has 0 aliphatic carbocycles. The Bertz CT molecular complexity index is 448. The molecule has 3 rings (SSSR count). The Labute approximate surface area is 126 Å². The minimum absolute atomic E-state index is 0.157. The quantitative estimate of drug-likeness (QED) is 0.850. The largest absolute Gasteiger partial charge is 0.355 e. The smallest absolute Gasteiger partial charge is 0.234 e. The van der Waals surface area contributed by atoms with E-state index in [1.54, 1.807) is 0 Å². The van der Waals surface area contributed by atoms with Crippen molar-refractivity contribution in [2.45, 2.75) is 25.3 Å². The van der Waals surface area contributed by atoms with E-state index in [-0.39, 0.29) is 5.91 Å². The molecule has 0 spiro atoms. The zero-order valence-electron chi connectivity index (χ0n) is 12.6. The molecule has 4 nitrogen and oxygen atoms in total. The van der Waals surface area contributed by atoms with Crippen LogP contribution in [0, 0.1) is 5.92 Å². The number of rotatable bonds is 5.